The molecule has 0 saturated carbocycles. The number of rotatable bonds is 5. The molecule has 24 heavy (non-hydrogen) atoms. The highest BCUT2D eigenvalue weighted by atomic mass is 35.5. The van der Waals surface area contributed by atoms with Crippen molar-refractivity contribution in [2.75, 3.05) is 5.75 Å². The summed E-state index contributed by atoms with van der Waals surface area (Å²) in [4.78, 5) is 11.0. The van der Waals surface area contributed by atoms with Crippen LogP contribution in [-0.4, -0.2) is 23.0 Å². The predicted molar refractivity (Wildman–Crippen MR) is 97.9 cm³/mol. The fourth-order valence-electron chi connectivity index (χ4n) is 1.92. The molecule has 2 aromatic rings. The zero-order valence-electron chi connectivity index (χ0n) is 12.6. The van der Waals surface area contributed by atoms with Crippen LogP contribution in [0.3, 0.4) is 0 Å². The minimum absolute atomic E-state index is 0.0452. The van der Waals surface area contributed by atoms with Gasteiger partial charge in [-0.1, -0.05) is 35.5 Å². The van der Waals surface area contributed by atoms with Crippen molar-refractivity contribution in [3.8, 4) is 5.75 Å². The quantitative estimate of drug-likeness (QED) is 0.656. The Kier molecular flexibility index (Phi) is 5.51. The van der Waals surface area contributed by atoms with Gasteiger partial charge in [0, 0.05) is 5.02 Å². The third-order valence-electron chi connectivity index (χ3n) is 3.14. The van der Waals surface area contributed by atoms with E-state index in [4.69, 9.17) is 16.3 Å². The Morgan fingerprint density at radius 3 is 2.58 bits per heavy atom. The number of ether oxygens (including phenoxy) is 1. The molecule has 0 atom stereocenters. The minimum atomic E-state index is -0.0452. The van der Waals surface area contributed by atoms with Crippen molar-refractivity contribution < 1.29 is 9.53 Å². The molecule has 122 valence electrons. The highest BCUT2D eigenvalue weighted by molar-refractivity contribution is 8.15. The van der Waals surface area contributed by atoms with Gasteiger partial charge in [-0.2, -0.15) is 5.10 Å². The van der Waals surface area contributed by atoms with Gasteiger partial charge in [0.1, 0.15) is 12.4 Å². The van der Waals surface area contributed by atoms with E-state index >= 15 is 0 Å². The SMILES string of the molecule is O=C1CSC(=N/N=C\c2ccc(OCc3ccc(Cl)cc3)cc2)N1. The van der Waals surface area contributed by atoms with Gasteiger partial charge >= 0.3 is 0 Å². The Bertz CT molecular complexity index is 773. The summed E-state index contributed by atoms with van der Waals surface area (Å²) in [6.45, 7) is 0.481. The van der Waals surface area contributed by atoms with Gasteiger partial charge in [-0.15, -0.1) is 5.10 Å². The number of halogens is 1. The fourth-order valence-corrected chi connectivity index (χ4v) is 2.68. The van der Waals surface area contributed by atoms with Gasteiger partial charge in [-0.25, -0.2) is 0 Å². The largest absolute Gasteiger partial charge is 0.489 e. The molecule has 1 saturated heterocycles. The number of nitrogens with one attached hydrogen (secondary N) is 1. The van der Waals surface area contributed by atoms with Crippen molar-refractivity contribution in [3.63, 3.8) is 0 Å². The van der Waals surface area contributed by atoms with E-state index in [1.165, 1.54) is 11.8 Å². The van der Waals surface area contributed by atoms with Gasteiger partial charge in [0.2, 0.25) is 5.91 Å². The molecule has 0 unspecified atom stereocenters. The molecule has 0 spiro atoms. The van der Waals surface area contributed by atoms with Gasteiger partial charge in [0.25, 0.3) is 0 Å². The van der Waals surface area contributed by atoms with E-state index in [0.29, 0.717) is 22.6 Å². The second kappa shape index (κ2) is 7.99. The molecule has 7 heteroatoms. The van der Waals surface area contributed by atoms with Crippen molar-refractivity contribution >= 4 is 40.7 Å². The molecule has 1 fully saturated rings. The zero-order chi connectivity index (χ0) is 16.8. The van der Waals surface area contributed by atoms with E-state index in [2.05, 4.69) is 15.5 Å². The number of amides is 1. The first kappa shape index (κ1) is 16.5. The van der Waals surface area contributed by atoms with Crippen LogP contribution in [0.2, 0.25) is 5.02 Å². The fraction of sp³-hybridized carbons (Fsp3) is 0.118. The Labute approximate surface area is 148 Å². The number of benzene rings is 2. The molecule has 5 nitrogen and oxygen atoms in total. The highest BCUT2D eigenvalue weighted by Crippen LogP contribution is 2.15. The lowest BCUT2D eigenvalue weighted by molar-refractivity contribution is -0.116. The number of carbonyl (C=O) groups is 1. The lowest BCUT2D eigenvalue weighted by Crippen LogP contribution is -2.19. The number of thioether (sulfide) groups is 1. The lowest BCUT2D eigenvalue weighted by Gasteiger charge is -2.06. The summed E-state index contributed by atoms with van der Waals surface area (Å²) >= 11 is 7.19. The van der Waals surface area contributed by atoms with E-state index in [9.17, 15) is 4.79 Å². The number of nitrogens with zero attached hydrogens (tertiary/aromatic N) is 2. The van der Waals surface area contributed by atoms with Crippen molar-refractivity contribution in [2.45, 2.75) is 6.61 Å². The van der Waals surface area contributed by atoms with Crippen LogP contribution < -0.4 is 10.1 Å². The molecule has 3 rings (SSSR count). The van der Waals surface area contributed by atoms with Crippen LogP contribution in [0.5, 0.6) is 5.75 Å². The summed E-state index contributed by atoms with van der Waals surface area (Å²) in [5.41, 5.74) is 1.95. The standard InChI is InChI=1S/C17H14ClN3O2S/c18-14-5-1-13(2-6-14)10-23-15-7-3-12(4-8-15)9-19-21-17-20-16(22)11-24-17/h1-9H,10-11H2,(H,20,21,22)/b19-9-. The number of hydrogen-bond acceptors (Lipinski definition) is 5. The monoisotopic (exact) mass is 359 g/mol. The van der Waals surface area contributed by atoms with Gasteiger partial charge in [-0.05, 0) is 47.5 Å². The molecule has 1 aliphatic heterocycles. The van der Waals surface area contributed by atoms with E-state index < -0.39 is 0 Å². The molecular formula is C17H14ClN3O2S. The number of carbonyl (C=O) groups excluding carboxylic acids is 1. The first-order valence-corrected chi connectivity index (χ1v) is 8.56. The van der Waals surface area contributed by atoms with Gasteiger partial charge in [0.15, 0.2) is 5.17 Å². The van der Waals surface area contributed by atoms with E-state index in [0.717, 1.165) is 16.9 Å². The maximum atomic E-state index is 11.0. The van der Waals surface area contributed by atoms with Crippen molar-refractivity contribution in [1.29, 1.82) is 0 Å². The maximum absolute atomic E-state index is 11.0. The second-order valence-electron chi connectivity index (χ2n) is 4.97. The first-order valence-electron chi connectivity index (χ1n) is 7.20. The Balaban J connectivity index is 1.53. The normalized spacial score (nSPS) is 15.9. The topological polar surface area (TPSA) is 63.0 Å². The molecule has 1 heterocycles. The second-order valence-corrected chi connectivity index (χ2v) is 6.37. The van der Waals surface area contributed by atoms with Crippen LogP contribution in [0.1, 0.15) is 11.1 Å². The summed E-state index contributed by atoms with van der Waals surface area (Å²) in [6.07, 6.45) is 1.63. The van der Waals surface area contributed by atoms with Crippen molar-refractivity contribution in [3.05, 3.63) is 64.7 Å². The van der Waals surface area contributed by atoms with Gasteiger partial charge in [0.05, 0.1) is 12.0 Å². The lowest BCUT2D eigenvalue weighted by atomic mass is 10.2. The predicted octanol–water partition coefficient (Wildman–Crippen LogP) is 3.47. The van der Waals surface area contributed by atoms with E-state index in [1.54, 1.807) is 6.21 Å². The van der Waals surface area contributed by atoms with Crippen molar-refractivity contribution in [1.82, 2.24) is 5.32 Å². The molecule has 1 amide bonds. The third kappa shape index (κ3) is 4.84. The Morgan fingerprint density at radius 1 is 1.17 bits per heavy atom. The Morgan fingerprint density at radius 2 is 1.92 bits per heavy atom. The van der Waals surface area contributed by atoms with E-state index in [1.807, 2.05) is 48.5 Å². The van der Waals surface area contributed by atoms with Crippen LogP contribution in [0, 0.1) is 0 Å². The zero-order valence-corrected chi connectivity index (χ0v) is 14.2. The molecule has 0 radical (unpaired) electrons. The summed E-state index contributed by atoms with van der Waals surface area (Å²) in [5.74, 6) is 1.12. The van der Waals surface area contributed by atoms with Gasteiger partial charge < -0.3 is 10.1 Å². The average Bonchev–Trinajstić information content (AvgIpc) is 3.01. The molecule has 2 aromatic carbocycles. The summed E-state index contributed by atoms with van der Waals surface area (Å²) in [7, 11) is 0. The number of hydrogen-bond donors (Lipinski definition) is 1. The summed E-state index contributed by atoms with van der Waals surface area (Å²) in [6, 6.07) is 15.1. The van der Waals surface area contributed by atoms with Crippen LogP contribution in [0.25, 0.3) is 0 Å². The summed E-state index contributed by atoms with van der Waals surface area (Å²) < 4.78 is 5.72. The Hall–Kier alpha value is -2.31. The van der Waals surface area contributed by atoms with Crippen LogP contribution in [-0.2, 0) is 11.4 Å². The van der Waals surface area contributed by atoms with Crippen LogP contribution in [0.4, 0.5) is 0 Å². The minimum Gasteiger partial charge on any atom is -0.489 e. The summed E-state index contributed by atoms with van der Waals surface area (Å²) in [5, 5.41) is 11.8. The first-order chi connectivity index (χ1) is 11.7. The average molecular weight is 360 g/mol. The smallest absolute Gasteiger partial charge is 0.236 e. The molecule has 0 aromatic heterocycles. The molecule has 1 N–H and O–H groups in total. The maximum Gasteiger partial charge on any atom is 0.236 e. The van der Waals surface area contributed by atoms with Gasteiger partial charge in [-0.3, -0.25) is 4.79 Å². The highest BCUT2D eigenvalue weighted by Gasteiger charge is 2.15. The van der Waals surface area contributed by atoms with E-state index in [-0.39, 0.29) is 5.91 Å². The number of amidine groups is 1. The van der Waals surface area contributed by atoms with Crippen LogP contribution >= 0.6 is 23.4 Å². The molecular weight excluding hydrogens is 346 g/mol. The molecule has 1 aliphatic rings. The van der Waals surface area contributed by atoms with Crippen LogP contribution in [0.15, 0.2) is 58.7 Å². The third-order valence-corrected chi connectivity index (χ3v) is 4.26. The molecule has 0 aliphatic carbocycles. The van der Waals surface area contributed by atoms with Crippen molar-refractivity contribution in [2.24, 2.45) is 10.2 Å². The molecule has 0 bridgehead atoms.